The van der Waals surface area contributed by atoms with E-state index >= 15 is 0 Å². The van der Waals surface area contributed by atoms with Gasteiger partial charge in [-0.1, -0.05) is 0 Å². The molecular weight excluding hydrogens is 308 g/mol. The fraction of sp³-hybridized carbons (Fsp3) is 0.667. The van der Waals surface area contributed by atoms with Crippen molar-refractivity contribution >= 4 is 40.4 Å². The molecule has 1 fully saturated rings. The molecule has 17 heavy (non-hydrogen) atoms. The van der Waals surface area contributed by atoms with Crippen LogP contribution in [0.4, 0.5) is 0 Å². The molecule has 0 saturated carbocycles. The van der Waals surface area contributed by atoms with E-state index in [-0.39, 0.29) is 5.28 Å². The largest absolute Gasteiger partial charge is 0.534 e. The first-order chi connectivity index (χ1) is 7.71. The van der Waals surface area contributed by atoms with Crippen LogP contribution < -0.4 is 5.72 Å². The predicted molar refractivity (Wildman–Crippen MR) is 68.3 cm³/mol. The lowest BCUT2D eigenvalue weighted by atomic mass is 9.89. The molecule has 0 atom stereocenters. The monoisotopic (exact) mass is 319 g/mol. The highest BCUT2D eigenvalue weighted by molar-refractivity contribution is 9.10. The van der Waals surface area contributed by atoms with Crippen LogP contribution in [0.5, 0.6) is 0 Å². The molecule has 2 heterocycles. The highest BCUT2D eigenvalue weighted by atomic mass is 79.9. The molecule has 1 aromatic heterocycles. The summed E-state index contributed by atoms with van der Waals surface area (Å²) in [5.41, 5.74) is -0.484. The Balaban J connectivity index is 2.32. The Labute approximate surface area is 114 Å². The summed E-state index contributed by atoms with van der Waals surface area (Å²) >= 11 is 8.93. The van der Waals surface area contributed by atoms with Crippen LogP contribution in [0.1, 0.15) is 27.7 Å². The Hall–Kier alpha value is -0.235. The molecule has 92 valence electrons. The summed E-state index contributed by atoms with van der Waals surface area (Å²) < 4.78 is 12.0. The lowest BCUT2D eigenvalue weighted by Crippen LogP contribution is -2.41. The molecule has 0 radical (unpaired) electrons. The second kappa shape index (κ2) is 4.15. The second-order valence-electron chi connectivity index (χ2n) is 4.82. The fourth-order valence-corrected chi connectivity index (χ4v) is 2.01. The van der Waals surface area contributed by atoms with Crippen LogP contribution >= 0.6 is 27.5 Å². The first-order valence-corrected chi connectivity index (χ1v) is 6.31. The van der Waals surface area contributed by atoms with E-state index in [9.17, 15) is 0 Å². The summed E-state index contributed by atoms with van der Waals surface area (Å²) in [6.45, 7) is 7.85. The molecule has 0 spiro atoms. The van der Waals surface area contributed by atoms with E-state index in [1.54, 1.807) is 0 Å². The van der Waals surface area contributed by atoms with Gasteiger partial charge >= 0.3 is 7.12 Å². The second-order valence-corrected chi connectivity index (χ2v) is 5.87. The third kappa shape index (κ3) is 2.47. The van der Waals surface area contributed by atoms with Gasteiger partial charge in [-0.3, -0.25) is 0 Å². The van der Waals surface area contributed by atoms with E-state index in [4.69, 9.17) is 20.9 Å². The van der Waals surface area contributed by atoms with Gasteiger partial charge in [-0.25, -0.2) is 9.97 Å². The van der Waals surface area contributed by atoms with Crippen LogP contribution in [0.3, 0.4) is 0 Å². The topological polar surface area (TPSA) is 57.1 Å². The van der Waals surface area contributed by atoms with Gasteiger partial charge in [0.2, 0.25) is 10.0 Å². The van der Waals surface area contributed by atoms with E-state index in [1.807, 2.05) is 27.7 Å². The van der Waals surface area contributed by atoms with Crippen molar-refractivity contribution in [2.45, 2.75) is 38.9 Å². The summed E-state index contributed by atoms with van der Waals surface area (Å²) in [6.07, 6.45) is 0. The summed E-state index contributed by atoms with van der Waals surface area (Å²) in [6, 6.07) is 0. The first kappa shape index (κ1) is 13.2. The van der Waals surface area contributed by atoms with Crippen molar-refractivity contribution in [2.75, 3.05) is 0 Å². The fourth-order valence-electron chi connectivity index (χ4n) is 1.39. The van der Waals surface area contributed by atoms with Gasteiger partial charge in [0.1, 0.15) is 0 Å². The van der Waals surface area contributed by atoms with Crippen LogP contribution in [-0.2, 0) is 9.31 Å². The highest BCUT2D eigenvalue weighted by Gasteiger charge is 2.53. The van der Waals surface area contributed by atoms with E-state index in [0.717, 1.165) is 0 Å². The van der Waals surface area contributed by atoms with Crippen molar-refractivity contribution < 1.29 is 9.31 Å². The maximum Gasteiger partial charge on any atom is 0.534 e. The molecule has 1 aromatic rings. The highest BCUT2D eigenvalue weighted by Crippen LogP contribution is 2.36. The van der Waals surface area contributed by atoms with Gasteiger partial charge < -0.3 is 9.31 Å². The minimum Gasteiger partial charge on any atom is -0.397 e. The zero-order valence-electron chi connectivity index (χ0n) is 9.99. The van der Waals surface area contributed by atoms with Crippen molar-refractivity contribution in [3.05, 3.63) is 10.0 Å². The molecule has 1 saturated heterocycles. The molecule has 1 aliphatic rings. The van der Waals surface area contributed by atoms with Gasteiger partial charge in [0.15, 0.2) is 5.72 Å². The molecular formula is C9H12BBrClN3O2. The van der Waals surface area contributed by atoms with Crippen LogP contribution in [-0.4, -0.2) is 33.3 Å². The zero-order chi connectivity index (χ0) is 12.8. The number of halogens is 2. The average molecular weight is 320 g/mol. The SMILES string of the molecule is CC1(C)OB(c2nc(Cl)nc(Br)n2)OC1(C)C. The van der Waals surface area contributed by atoms with Crippen molar-refractivity contribution in [1.29, 1.82) is 0 Å². The normalized spacial score (nSPS) is 21.9. The third-order valence-corrected chi connectivity index (χ3v) is 3.59. The Bertz CT molecular complexity index is 422. The molecule has 1 aliphatic heterocycles. The molecule has 2 rings (SSSR count). The van der Waals surface area contributed by atoms with Gasteiger partial charge in [0.05, 0.1) is 11.2 Å². The zero-order valence-corrected chi connectivity index (χ0v) is 12.3. The molecule has 8 heteroatoms. The Morgan fingerprint density at radius 1 is 1.06 bits per heavy atom. The molecule has 0 aliphatic carbocycles. The number of rotatable bonds is 1. The van der Waals surface area contributed by atoms with Crippen LogP contribution in [0, 0.1) is 0 Å². The van der Waals surface area contributed by atoms with Gasteiger partial charge in [-0.15, -0.1) is 0 Å². The van der Waals surface area contributed by atoms with Crippen molar-refractivity contribution in [3.63, 3.8) is 0 Å². The quantitative estimate of drug-likeness (QED) is 0.736. The van der Waals surface area contributed by atoms with Gasteiger partial charge in [-0.05, 0) is 55.2 Å². The van der Waals surface area contributed by atoms with E-state index < -0.39 is 18.3 Å². The standard InChI is InChI=1S/C9H12BBrClN3O2/c1-8(2)9(3,4)17-10(16-8)5-13-6(11)15-7(12)14-5/h1-4H3. The summed E-state index contributed by atoms with van der Waals surface area (Å²) in [4.78, 5) is 11.9. The van der Waals surface area contributed by atoms with Crippen LogP contribution in [0.25, 0.3) is 0 Å². The maximum absolute atomic E-state index is 5.81. The molecule has 0 unspecified atom stereocenters. The summed E-state index contributed by atoms with van der Waals surface area (Å²) in [7, 11) is -0.628. The first-order valence-electron chi connectivity index (χ1n) is 5.14. The summed E-state index contributed by atoms with van der Waals surface area (Å²) in [5, 5.41) is 0.108. The lowest BCUT2D eigenvalue weighted by molar-refractivity contribution is 0.00578. The smallest absolute Gasteiger partial charge is 0.397 e. The van der Waals surface area contributed by atoms with Gasteiger partial charge in [0.25, 0.3) is 0 Å². The average Bonchev–Trinajstić information content (AvgIpc) is 2.34. The Kier molecular flexibility index (Phi) is 3.23. The van der Waals surface area contributed by atoms with Crippen molar-refractivity contribution in [3.8, 4) is 0 Å². The number of hydrogen-bond acceptors (Lipinski definition) is 5. The van der Waals surface area contributed by atoms with Crippen LogP contribution in [0.2, 0.25) is 5.28 Å². The van der Waals surface area contributed by atoms with Crippen molar-refractivity contribution in [1.82, 2.24) is 15.0 Å². The van der Waals surface area contributed by atoms with Crippen molar-refractivity contribution in [2.24, 2.45) is 0 Å². The van der Waals surface area contributed by atoms with E-state index in [0.29, 0.717) is 10.5 Å². The van der Waals surface area contributed by atoms with Gasteiger partial charge in [-0.2, -0.15) is 4.98 Å². The molecule has 0 amide bonds. The molecule has 0 bridgehead atoms. The number of aromatic nitrogens is 3. The molecule has 0 aromatic carbocycles. The third-order valence-electron chi connectivity index (χ3n) is 3.06. The minimum atomic E-state index is -0.628. The predicted octanol–water partition coefficient (Wildman–Crippen LogP) is 1.59. The van der Waals surface area contributed by atoms with E-state index in [2.05, 4.69) is 30.9 Å². The summed E-state index contributed by atoms with van der Waals surface area (Å²) in [5.74, 6) is 0. The van der Waals surface area contributed by atoms with Crippen LogP contribution in [0.15, 0.2) is 4.73 Å². The molecule has 0 N–H and O–H groups in total. The number of nitrogens with zero attached hydrogens (tertiary/aromatic N) is 3. The van der Waals surface area contributed by atoms with Gasteiger partial charge in [0, 0.05) is 0 Å². The Morgan fingerprint density at radius 3 is 2.06 bits per heavy atom. The minimum absolute atomic E-state index is 0.108. The maximum atomic E-state index is 5.81. The lowest BCUT2D eigenvalue weighted by Gasteiger charge is -2.32. The molecule has 5 nitrogen and oxygen atoms in total. The Morgan fingerprint density at radius 2 is 1.59 bits per heavy atom. The van der Waals surface area contributed by atoms with E-state index in [1.165, 1.54) is 0 Å². The number of hydrogen-bond donors (Lipinski definition) is 0.